The molecule has 0 fully saturated rings. The van der Waals surface area contributed by atoms with E-state index in [0.29, 0.717) is 11.4 Å². The van der Waals surface area contributed by atoms with Crippen LogP contribution in [-0.2, 0) is 0 Å². The molecule has 7 aromatic carbocycles. The third-order valence-corrected chi connectivity index (χ3v) is 11.0. The van der Waals surface area contributed by atoms with Crippen LogP contribution in [0.2, 0.25) is 0 Å². The van der Waals surface area contributed by atoms with Gasteiger partial charge < -0.3 is 8.98 Å². The van der Waals surface area contributed by atoms with Crippen LogP contribution in [0.3, 0.4) is 0 Å². The summed E-state index contributed by atoms with van der Waals surface area (Å²) < 4.78 is 8.81. The summed E-state index contributed by atoms with van der Waals surface area (Å²) in [7, 11) is 0. The van der Waals surface area contributed by atoms with E-state index in [1.54, 1.807) is 0 Å². The summed E-state index contributed by atoms with van der Waals surface area (Å²) in [5.41, 5.74) is 11.2. The molecule has 228 valence electrons. The van der Waals surface area contributed by atoms with Gasteiger partial charge in [-0.25, -0.2) is 9.97 Å². The third-order valence-electron chi connectivity index (χ3n) is 9.83. The Bertz CT molecular complexity index is 2920. The van der Waals surface area contributed by atoms with Crippen LogP contribution < -0.4 is 0 Å². The van der Waals surface area contributed by atoms with Crippen molar-refractivity contribution in [3.63, 3.8) is 0 Å². The smallest absolute Gasteiger partial charge is 0.180 e. The minimum Gasteiger partial charge on any atom is -0.452 e. The Hall–Kier alpha value is -6.17. The molecule has 0 unspecified atom stereocenters. The number of hydrogen-bond donors (Lipinski definition) is 0. The van der Waals surface area contributed by atoms with Crippen LogP contribution in [0, 0.1) is 0 Å². The number of nitrogens with zero attached hydrogens (tertiary/aromatic N) is 3. The summed E-state index contributed by atoms with van der Waals surface area (Å²) in [6, 6.07) is 53.6. The molecular weight excluding hydrogens is 619 g/mol. The molecule has 3 aromatic heterocycles. The number of benzene rings is 7. The first-order valence-electron chi connectivity index (χ1n) is 16.4. The molecule has 0 spiro atoms. The summed E-state index contributed by atoms with van der Waals surface area (Å²) in [5, 5.41) is 6.03. The van der Waals surface area contributed by atoms with E-state index in [1.165, 1.54) is 59.2 Å². The van der Waals surface area contributed by atoms with E-state index in [4.69, 9.17) is 14.4 Å². The fourth-order valence-electron chi connectivity index (χ4n) is 7.69. The van der Waals surface area contributed by atoms with Crippen molar-refractivity contribution in [2.24, 2.45) is 0 Å². The first-order valence-corrected chi connectivity index (χ1v) is 17.2. The molecule has 4 heterocycles. The van der Waals surface area contributed by atoms with Gasteiger partial charge in [0.1, 0.15) is 16.8 Å². The molecule has 0 atom stereocenters. The molecule has 0 bridgehead atoms. The number of rotatable bonds is 3. The van der Waals surface area contributed by atoms with Crippen molar-refractivity contribution in [3.05, 3.63) is 152 Å². The summed E-state index contributed by atoms with van der Waals surface area (Å²) in [4.78, 5) is 12.8. The Labute approximate surface area is 285 Å². The lowest BCUT2D eigenvalue weighted by atomic mass is 9.95. The number of para-hydroxylation sites is 3. The molecule has 0 radical (unpaired) electrons. The van der Waals surface area contributed by atoms with Crippen LogP contribution in [0.4, 0.5) is 0 Å². The Morgan fingerprint density at radius 2 is 1.16 bits per heavy atom. The second kappa shape index (κ2) is 10.2. The van der Waals surface area contributed by atoms with Crippen molar-refractivity contribution in [2.45, 2.75) is 9.79 Å². The fourth-order valence-corrected chi connectivity index (χ4v) is 8.93. The lowest BCUT2D eigenvalue weighted by Gasteiger charge is -2.24. The SMILES string of the molecule is c1ccc(-c2nc(-c3cccc4c3Sc3ccc(-n5c6ccccc6c6ccccc65)c5cccc-4c35)nc3c2oc2ccccc23)cc1. The zero-order valence-corrected chi connectivity index (χ0v) is 26.9. The van der Waals surface area contributed by atoms with E-state index >= 15 is 0 Å². The number of aromatic nitrogens is 3. The van der Waals surface area contributed by atoms with E-state index in [2.05, 4.69) is 120 Å². The molecule has 0 saturated heterocycles. The van der Waals surface area contributed by atoms with Gasteiger partial charge in [-0.05, 0) is 53.6 Å². The van der Waals surface area contributed by atoms with Crippen molar-refractivity contribution in [1.29, 1.82) is 0 Å². The molecule has 1 aliphatic rings. The monoisotopic (exact) mass is 643 g/mol. The third kappa shape index (κ3) is 3.82. The van der Waals surface area contributed by atoms with Gasteiger partial charge in [0.25, 0.3) is 0 Å². The average Bonchev–Trinajstić information content (AvgIpc) is 3.71. The first kappa shape index (κ1) is 26.9. The van der Waals surface area contributed by atoms with Crippen molar-refractivity contribution in [2.75, 3.05) is 0 Å². The lowest BCUT2D eigenvalue weighted by molar-refractivity contribution is 0.667. The minimum absolute atomic E-state index is 0.694. The second-order valence-corrected chi connectivity index (χ2v) is 13.6. The van der Waals surface area contributed by atoms with Gasteiger partial charge in [0, 0.05) is 47.8 Å². The van der Waals surface area contributed by atoms with Crippen molar-refractivity contribution < 1.29 is 4.42 Å². The maximum Gasteiger partial charge on any atom is 0.180 e. The van der Waals surface area contributed by atoms with Crippen LogP contribution in [0.5, 0.6) is 0 Å². The predicted octanol–water partition coefficient (Wildman–Crippen LogP) is 12.1. The number of hydrogen-bond acceptors (Lipinski definition) is 4. The Balaban J connectivity index is 1.15. The first-order chi connectivity index (χ1) is 24.3. The highest BCUT2D eigenvalue weighted by Crippen LogP contribution is 2.52. The highest BCUT2D eigenvalue weighted by atomic mass is 32.2. The van der Waals surface area contributed by atoms with Gasteiger partial charge in [0.15, 0.2) is 11.4 Å². The van der Waals surface area contributed by atoms with Crippen LogP contribution in [0.15, 0.2) is 166 Å². The number of furan rings is 1. The zero-order valence-electron chi connectivity index (χ0n) is 26.1. The highest BCUT2D eigenvalue weighted by Gasteiger charge is 2.26. The van der Waals surface area contributed by atoms with E-state index in [1.807, 2.05) is 48.2 Å². The summed E-state index contributed by atoms with van der Waals surface area (Å²) in [6.07, 6.45) is 0. The Morgan fingerprint density at radius 3 is 1.98 bits per heavy atom. The van der Waals surface area contributed by atoms with Crippen LogP contribution in [0.1, 0.15) is 0 Å². The zero-order chi connectivity index (χ0) is 32.1. The molecular formula is C44H25N3OS. The minimum atomic E-state index is 0.694. The molecule has 10 aromatic rings. The molecule has 0 saturated carbocycles. The highest BCUT2D eigenvalue weighted by molar-refractivity contribution is 8.00. The van der Waals surface area contributed by atoms with Crippen molar-refractivity contribution in [1.82, 2.24) is 14.5 Å². The molecule has 1 aliphatic heterocycles. The summed E-state index contributed by atoms with van der Waals surface area (Å²) >= 11 is 1.81. The van der Waals surface area contributed by atoms with Gasteiger partial charge >= 0.3 is 0 Å². The topological polar surface area (TPSA) is 43.9 Å². The van der Waals surface area contributed by atoms with Gasteiger partial charge in [0.2, 0.25) is 0 Å². The maximum atomic E-state index is 6.39. The van der Waals surface area contributed by atoms with E-state index in [0.717, 1.165) is 33.3 Å². The Kier molecular flexibility index (Phi) is 5.57. The van der Waals surface area contributed by atoms with Gasteiger partial charge in [-0.1, -0.05) is 121 Å². The largest absolute Gasteiger partial charge is 0.452 e. The molecule has 49 heavy (non-hydrogen) atoms. The molecule has 4 nitrogen and oxygen atoms in total. The quantitative estimate of drug-likeness (QED) is 0.192. The van der Waals surface area contributed by atoms with Crippen LogP contribution in [0.25, 0.3) is 94.1 Å². The van der Waals surface area contributed by atoms with Gasteiger partial charge in [-0.15, -0.1) is 0 Å². The van der Waals surface area contributed by atoms with Crippen LogP contribution >= 0.6 is 11.8 Å². The molecule has 11 rings (SSSR count). The van der Waals surface area contributed by atoms with Gasteiger partial charge in [-0.3, -0.25) is 0 Å². The standard InChI is InChI=1S/C44H25N3OS/c1-2-12-26(13-3-1)40-42-41(32-16-6-9-23-37(32)48-42)46-44(45-40)33-20-11-18-30-29-17-10-19-31-36(24-25-38(39(29)31)49-43(30)33)47-34-21-7-4-14-27(34)28-15-5-8-22-35(28)47/h1-25H. The van der Waals surface area contributed by atoms with Crippen LogP contribution in [-0.4, -0.2) is 14.5 Å². The van der Waals surface area contributed by atoms with Gasteiger partial charge in [-0.2, -0.15) is 0 Å². The lowest BCUT2D eigenvalue weighted by Crippen LogP contribution is -2.01. The maximum absolute atomic E-state index is 6.39. The van der Waals surface area contributed by atoms with Gasteiger partial charge in [0.05, 0.1) is 16.7 Å². The normalized spacial score (nSPS) is 12.4. The molecule has 0 amide bonds. The van der Waals surface area contributed by atoms with Crippen molar-refractivity contribution >= 4 is 66.4 Å². The second-order valence-electron chi connectivity index (χ2n) is 12.5. The number of fused-ring (bicyclic) bond motifs is 8. The van der Waals surface area contributed by atoms with E-state index in [-0.39, 0.29) is 0 Å². The fraction of sp³-hybridized carbons (Fsp3) is 0. The molecule has 5 heteroatoms. The average molecular weight is 644 g/mol. The Morgan fingerprint density at radius 1 is 0.510 bits per heavy atom. The molecule has 0 N–H and O–H groups in total. The van der Waals surface area contributed by atoms with Crippen molar-refractivity contribution in [3.8, 4) is 39.5 Å². The van der Waals surface area contributed by atoms with E-state index in [9.17, 15) is 0 Å². The molecule has 0 aliphatic carbocycles. The predicted molar refractivity (Wildman–Crippen MR) is 202 cm³/mol. The summed E-state index contributed by atoms with van der Waals surface area (Å²) in [5.74, 6) is 0.694. The van der Waals surface area contributed by atoms with E-state index < -0.39 is 0 Å². The summed E-state index contributed by atoms with van der Waals surface area (Å²) in [6.45, 7) is 0.